The van der Waals surface area contributed by atoms with Crippen molar-refractivity contribution in [3.05, 3.63) is 98.2 Å². The Labute approximate surface area is 206 Å². The molecule has 3 heterocycles. The van der Waals surface area contributed by atoms with E-state index in [1.807, 2.05) is 6.07 Å². The molecule has 0 N–H and O–H groups in total. The first kappa shape index (κ1) is 23.6. The van der Waals surface area contributed by atoms with Crippen LogP contribution < -0.4 is 10.5 Å². The Balaban J connectivity index is 1.43. The molecular formula is C26H23F2N5O3. The fourth-order valence-corrected chi connectivity index (χ4v) is 4.93. The summed E-state index contributed by atoms with van der Waals surface area (Å²) in [5.41, 5.74) is 1.41. The van der Waals surface area contributed by atoms with Gasteiger partial charge in [0.05, 0.1) is 31.4 Å². The van der Waals surface area contributed by atoms with Crippen molar-refractivity contribution in [1.82, 2.24) is 14.5 Å². The molecule has 8 nitrogen and oxygen atoms in total. The van der Waals surface area contributed by atoms with Crippen LogP contribution in [0.25, 0.3) is 4.85 Å². The van der Waals surface area contributed by atoms with Gasteiger partial charge in [-0.3, -0.25) is 9.69 Å². The van der Waals surface area contributed by atoms with Crippen LogP contribution in [0, 0.1) is 6.57 Å². The molecule has 0 fully saturated rings. The molecule has 1 aromatic heterocycles. The number of halogens is 2. The number of esters is 1. The number of carbonyl (C=O) groups excluding carboxylic acids is 1. The van der Waals surface area contributed by atoms with Crippen molar-refractivity contribution < 1.29 is 18.3 Å². The maximum Gasteiger partial charge on any atom is 0.337 e. The lowest BCUT2D eigenvalue weighted by atomic mass is 10.0. The molecule has 2 aromatic carbocycles. The third kappa shape index (κ3) is 4.33. The van der Waals surface area contributed by atoms with Crippen LogP contribution >= 0.6 is 0 Å². The van der Waals surface area contributed by atoms with E-state index in [-0.39, 0.29) is 36.8 Å². The third-order valence-electron chi connectivity index (χ3n) is 6.45. The van der Waals surface area contributed by atoms with Crippen molar-refractivity contribution in [1.29, 1.82) is 0 Å². The Kier molecular flexibility index (Phi) is 6.02. The minimum absolute atomic E-state index is 0.00544. The molecule has 0 unspecified atom stereocenters. The quantitative estimate of drug-likeness (QED) is 0.400. The molecule has 0 saturated heterocycles. The van der Waals surface area contributed by atoms with Gasteiger partial charge >= 0.3 is 11.9 Å². The molecule has 10 heteroatoms. The van der Waals surface area contributed by atoms with E-state index in [2.05, 4.69) is 9.83 Å². The fraction of sp³-hybridized carbons (Fsp3) is 0.308. The van der Waals surface area contributed by atoms with E-state index < -0.39 is 24.0 Å². The average Bonchev–Trinajstić information content (AvgIpc) is 3.25. The lowest BCUT2D eigenvalue weighted by Crippen LogP contribution is -2.45. The molecule has 5 rings (SSSR count). The average molecular weight is 491 g/mol. The first-order valence-corrected chi connectivity index (χ1v) is 11.4. The molecule has 0 amide bonds. The highest BCUT2D eigenvalue weighted by atomic mass is 19.3. The van der Waals surface area contributed by atoms with Crippen LogP contribution in [0.2, 0.25) is 0 Å². The number of hydrogen-bond donors (Lipinski definition) is 0. The summed E-state index contributed by atoms with van der Waals surface area (Å²) in [6.45, 7) is 7.88. The van der Waals surface area contributed by atoms with Gasteiger partial charge in [0.1, 0.15) is 5.69 Å². The molecule has 0 spiro atoms. The second kappa shape index (κ2) is 9.17. The molecule has 0 aliphatic carbocycles. The zero-order chi connectivity index (χ0) is 25.4. The third-order valence-corrected chi connectivity index (χ3v) is 6.45. The largest absolute Gasteiger partial charge is 0.465 e. The lowest BCUT2D eigenvalue weighted by Gasteiger charge is -2.35. The van der Waals surface area contributed by atoms with E-state index in [9.17, 15) is 9.59 Å². The van der Waals surface area contributed by atoms with Gasteiger partial charge in [-0.25, -0.2) is 9.64 Å². The molecule has 0 atom stereocenters. The standard InChI is InChI=1S/C26H23F2N5O3/c1-29-20-8-4-6-18(12-20)13-31-15-21-22(26(27,28)16-31)33-10-9-32(25(33)30-23(21)34)14-17-5-3-7-19(11-17)24(35)36-2/h3-8,11-12H,9-10,13-16H2,2H3. The van der Waals surface area contributed by atoms with Gasteiger partial charge in [-0.1, -0.05) is 36.4 Å². The number of ether oxygens (including phenoxy) is 1. The molecule has 0 bridgehead atoms. The molecule has 0 saturated carbocycles. The second-order valence-corrected chi connectivity index (χ2v) is 8.94. The number of anilines is 1. The monoisotopic (exact) mass is 491 g/mol. The molecule has 2 aliphatic heterocycles. The Hall–Kier alpha value is -4.10. The van der Waals surface area contributed by atoms with E-state index in [4.69, 9.17) is 11.3 Å². The SMILES string of the molecule is [C-]#[N+]c1cccc(CN2Cc3c(n4c(nc3=O)N(Cc3cccc(C(=O)OC)c3)CC4)C(F)(F)C2)c1. The molecule has 36 heavy (non-hydrogen) atoms. The van der Waals surface area contributed by atoms with Crippen molar-refractivity contribution in [2.75, 3.05) is 25.1 Å². The Bertz CT molecular complexity index is 1450. The van der Waals surface area contributed by atoms with Gasteiger partial charge < -0.3 is 14.2 Å². The van der Waals surface area contributed by atoms with Crippen LogP contribution in [-0.2, 0) is 36.8 Å². The summed E-state index contributed by atoms with van der Waals surface area (Å²) in [5, 5.41) is 0. The summed E-state index contributed by atoms with van der Waals surface area (Å²) in [5.74, 6) is -3.50. The van der Waals surface area contributed by atoms with Gasteiger partial charge in [-0.2, -0.15) is 13.8 Å². The van der Waals surface area contributed by atoms with Crippen LogP contribution in [0.5, 0.6) is 0 Å². The van der Waals surface area contributed by atoms with E-state index in [1.54, 1.807) is 47.4 Å². The number of fused-ring (bicyclic) bond motifs is 3. The Morgan fingerprint density at radius 1 is 1.14 bits per heavy atom. The molecule has 0 radical (unpaired) electrons. The number of carbonyl (C=O) groups is 1. The number of methoxy groups -OCH3 is 1. The minimum Gasteiger partial charge on any atom is -0.465 e. The second-order valence-electron chi connectivity index (χ2n) is 8.94. The van der Waals surface area contributed by atoms with Gasteiger partial charge in [0, 0.05) is 32.7 Å². The van der Waals surface area contributed by atoms with Crippen LogP contribution in [0.1, 0.15) is 32.7 Å². The Morgan fingerprint density at radius 2 is 1.89 bits per heavy atom. The van der Waals surface area contributed by atoms with Crippen LogP contribution in [-0.4, -0.2) is 40.6 Å². The van der Waals surface area contributed by atoms with Crippen LogP contribution in [0.3, 0.4) is 0 Å². The van der Waals surface area contributed by atoms with Crippen LogP contribution in [0.15, 0.2) is 53.3 Å². The number of aromatic nitrogens is 2. The van der Waals surface area contributed by atoms with Crippen molar-refractivity contribution in [2.24, 2.45) is 0 Å². The molecule has 184 valence electrons. The van der Waals surface area contributed by atoms with E-state index in [0.717, 1.165) is 11.1 Å². The zero-order valence-electron chi connectivity index (χ0n) is 19.6. The predicted molar refractivity (Wildman–Crippen MR) is 128 cm³/mol. The fourth-order valence-electron chi connectivity index (χ4n) is 4.93. The van der Waals surface area contributed by atoms with Crippen molar-refractivity contribution in [3.63, 3.8) is 0 Å². The summed E-state index contributed by atoms with van der Waals surface area (Å²) in [4.78, 5) is 35.7. The molecular weight excluding hydrogens is 468 g/mol. The summed E-state index contributed by atoms with van der Waals surface area (Å²) in [6, 6.07) is 13.7. The lowest BCUT2D eigenvalue weighted by molar-refractivity contribution is -0.0621. The first-order chi connectivity index (χ1) is 17.3. The summed E-state index contributed by atoms with van der Waals surface area (Å²) in [7, 11) is 1.30. The van der Waals surface area contributed by atoms with Gasteiger partial charge in [-0.15, -0.1) is 0 Å². The minimum atomic E-state index is -3.25. The Morgan fingerprint density at radius 3 is 2.64 bits per heavy atom. The maximum atomic E-state index is 15.5. The van der Waals surface area contributed by atoms with Gasteiger partial charge in [0.15, 0.2) is 5.69 Å². The van der Waals surface area contributed by atoms with E-state index in [1.165, 1.54) is 16.6 Å². The molecule has 2 aliphatic rings. The normalized spacial score (nSPS) is 16.2. The predicted octanol–water partition coefficient (Wildman–Crippen LogP) is 3.71. The zero-order valence-corrected chi connectivity index (χ0v) is 19.6. The van der Waals surface area contributed by atoms with Gasteiger partial charge in [0.25, 0.3) is 5.56 Å². The highest BCUT2D eigenvalue weighted by Crippen LogP contribution is 2.39. The number of hydrogen-bond acceptors (Lipinski definition) is 6. The van der Waals surface area contributed by atoms with E-state index in [0.29, 0.717) is 24.3 Å². The van der Waals surface area contributed by atoms with Gasteiger partial charge in [-0.05, 0) is 23.3 Å². The topological polar surface area (TPSA) is 72.0 Å². The summed E-state index contributed by atoms with van der Waals surface area (Å²) in [6.07, 6.45) is 0. The number of alkyl halides is 2. The number of nitrogens with zero attached hydrogens (tertiary/aromatic N) is 5. The smallest absolute Gasteiger partial charge is 0.337 e. The van der Waals surface area contributed by atoms with Crippen LogP contribution in [0.4, 0.5) is 20.4 Å². The van der Waals surface area contributed by atoms with E-state index >= 15 is 8.78 Å². The van der Waals surface area contributed by atoms with Gasteiger partial charge in [0.2, 0.25) is 5.95 Å². The number of rotatable bonds is 5. The highest BCUT2D eigenvalue weighted by Gasteiger charge is 2.46. The highest BCUT2D eigenvalue weighted by molar-refractivity contribution is 5.89. The van der Waals surface area contributed by atoms with Crippen molar-refractivity contribution in [2.45, 2.75) is 32.1 Å². The molecule has 3 aromatic rings. The van der Waals surface area contributed by atoms with Crippen molar-refractivity contribution in [3.8, 4) is 0 Å². The summed E-state index contributed by atoms with van der Waals surface area (Å²) < 4.78 is 37.3. The first-order valence-electron chi connectivity index (χ1n) is 11.4. The summed E-state index contributed by atoms with van der Waals surface area (Å²) >= 11 is 0. The van der Waals surface area contributed by atoms with Crippen molar-refractivity contribution >= 4 is 17.6 Å². The number of benzene rings is 2. The maximum absolute atomic E-state index is 15.5.